The molecule has 0 radical (unpaired) electrons. The van der Waals surface area contributed by atoms with E-state index in [1.165, 1.54) is 10.9 Å². The predicted octanol–water partition coefficient (Wildman–Crippen LogP) is 1.08. The molecule has 1 aromatic heterocycles. The zero-order valence-electron chi connectivity index (χ0n) is 9.37. The van der Waals surface area contributed by atoms with Crippen LogP contribution in [0.15, 0.2) is 30.5 Å². The third kappa shape index (κ3) is 2.30. The molecule has 0 bridgehead atoms. The summed E-state index contributed by atoms with van der Waals surface area (Å²) in [6.45, 7) is 0.368. The number of nitriles is 1. The van der Waals surface area contributed by atoms with Gasteiger partial charge in [-0.15, -0.1) is 0 Å². The summed E-state index contributed by atoms with van der Waals surface area (Å²) in [4.78, 5) is 10.8. The number of anilines is 1. The monoisotopic (exact) mass is 242 g/mol. The first-order valence-corrected chi connectivity index (χ1v) is 5.15. The molecule has 1 heterocycles. The van der Waals surface area contributed by atoms with E-state index in [0.717, 1.165) is 5.56 Å². The van der Waals surface area contributed by atoms with Crippen molar-refractivity contribution in [2.24, 2.45) is 0 Å². The maximum absolute atomic E-state index is 10.8. The van der Waals surface area contributed by atoms with Crippen LogP contribution in [-0.4, -0.2) is 20.9 Å². The Balaban J connectivity index is 2.26. The van der Waals surface area contributed by atoms with Crippen molar-refractivity contribution in [3.8, 4) is 6.07 Å². The highest BCUT2D eigenvalue weighted by Gasteiger charge is 2.13. The third-order valence-corrected chi connectivity index (χ3v) is 2.39. The van der Waals surface area contributed by atoms with Gasteiger partial charge in [-0.2, -0.15) is 10.4 Å². The number of carboxylic acid groups (broad SMARTS) is 1. The van der Waals surface area contributed by atoms with Crippen molar-refractivity contribution < 1.29 is 9.90 Å². The van der Waals surface area contributed by atoms with E-state index in [1.807, 2.05) is 12.1 Å². The van der Waals surface area contributed by atoms with Gasteiger partial charge in [0.05, 0.1) is 23.9 Å². The molecule has 0 saturated heterocycles. The lowest BCUT2D eigenvalue weighted by Crippen LogP contribution is -2.04. The fourth-order valence-electron chi connectivity index (χ4n) is 1.61. The van der Waals surface area contributed by atoms with Gasteiger partial charge in [0.15, 0.2) is 5.69 Å². The molecule has 0 spiro atoms. The van der Waals surface area contributed by atoms with Crippen LogP contribution < -0.4 is 5.73 Å². The molecule has 90 valence electrons. The smallest absolute Gasteiger partial charge is 0.358 e. The summed E-state index contributed by atoms with van der Waals surface area (Å²) >= 11 is 0. The number of hydrogen-bond acceptors (Lipinski definition) is 4. The van der Waals surface area contributed by atoms with E-state index < -0.39 is 5.97 Å². The number of hydrogen-bond donors (Lipinski definition) is 2. The van der Waals surface area contributed by atoms with Crippen LogP contribution in [-0.2, 0) is 6.54 Å². The van der Waals surface area contributed by atoms with E-state index in [2.05, 4.69) is 5.10 Å². The maximum Gasteiger partial charge on any atom is 0.358 e. The van der Waals surface area contributed by atoms with Crippen LogP contribution in [0.5, 0.6) is 0 Å². The van der Waals surface area contributed by atoms with E-state index in [-0.39, 0.29) is 11.4 Å². The summed E-state index contributed by atoms with van der Waals surface area (Å²) in [7, 11) is 0. The molecule has 18 heavy (non-hydrogen) atoms. The van der Waals surface area contributed by atoms with Crippen molar-refractivity contribution in [1.29, 1.82) is 5.26 Å². The first-order chi connectivity index (χ1) is 8.60. The molecule has 6 nitrogen and oxygen atoms in total. The average molecular weight is 242 g/mol. The number of aromatic carboxylic acids is 1. The van der Waals surface area contributed by atoms with Crippen LogP contribution in [0.25, 0.3) is 0 Å². The summed E-state index contributed by atoms with van der Waals surface area (Å²) in [6.07, 6.45) is 1.46. The minimum atomic E-state index is -1.16. The zero-order valence-corrected chi connectivity index (χ0v) is 9.37. The van der Waals surface area contributed by atoms with Gasteiger partial charge in [0, 0.05) is 6.20 Å². The highest BCUT2D eigenvalue weighted by atomic mass is 16.4. The molecule has 2 rings (SSSR count). The molecule has 0 aliphatic carbocycles. The number of nitrogens with zero attached hydrogens (tertiary/aromatic N) is 3. The number of benzene rings is 1. The number of carboxylic acids is 1. The Morgan fingerprint density at radius 2 is 2.33 bits per heavy atom. The Bertz CT molecular complexity index is 640. The Morgan fingerprint density at radius 1 is 1.56 bits per heavy atom. The Morgan fingerprint density at radius 3 is 2.94 bits per heavy atom. The number of rotatable bonds is 3. The van der Waals surface area contributed by atoms with Crippen LogP contribution in [0.1, 0.15) is 21.6 Å². The zero-order chi connectivity index (χ0) is 13.1. The Hall–Kier alpha value is -2.81. The first kappa shape index (κ1) is 11.7. The summed E-state index contributed by atoms with van der Waals surface area (Å²) < 4.78 is 1.44. The van der Waals surface area contributed by atoms with Gasteiger partial charge in [-0.3, -0.25) is 4.68 Å². The molecular weight excluding hydrogens is 232 g/mol. The molecular formula is C12H10N4O2. The van der Waals surface area contributed by atoms with Crippen molar-refractivity contribution in [1.82, 2.24) is 9.78 Å². The van der Waals surface area contributed by atoms with Gasteiger partial charge in [0.2, 0.25) is 0 Å². The number of nitrogen functional groups attached to an aromatic ring is 1. The van der Waals surface area contributed by atoms with Crippen LogP contribution in [0.2, 0.25) is 0 Å². The minimum absolute atomic E-state index is 0.124. The number of nitrogens with two attached hydrogens (primary N) is 1. The van der Waals surface area contributed by atoms with Crippen LogP contribution >= 0.6 is 0 Å². The second-order valence-corrected chi connectivity index (χ2v) is 3.75. The summed E-state index contributed by atoms with van der Waals surface area (Å²) in [6, 6.07) is 9.05. The Kier molecular flexibility index (Phi) is 2.98. The fourth-order valence-corrected chi connectivity index (χ4v) is 1.61. The van der Waals surface area contributed by atoms with Crippen molar-refractivity contribution in [2.45, 2.75) is 6.54 Å². The second-order valence-electron chi connectivity index (χ2n) is 3.75. The summed E-state index contributed by atoms with van der Waals surface area (Å²) in [5.41, 5.74) is 6.90. The topological polar surface area (TPSA) is 105 Å². The van der Waals surface area contributed by atoms with Gasteiger partial charge < -0.3 is 10.8 Å². The highest BCUT2D eigenvalue weighted by Crippen LogP contribution is 2.11. The molecule has 2 aromatic rings. The van der Waals surface area contributed by atoms with Crippen LogP contribution in [0, 0.1) is 11.3 Å². The average Bonchev–Trinajstić information content (AvgIpc) is 2.70. The van der Waals surface area contributed by atoms with E-state index >= 15 is 0 Å². The minimum Gasteiger partial charge on any atom is -0.476 e. The maximum atomic E-state index is 10.8. The lowest BCUT2D eigenvalue weighted by molar-refractivity contribution is 0.0690. The van der Waals surface area contributed by atoms with Gasteiger partial charge in [-0.1, -0.05) is 12.1 Å². The van der Waals surface area contributed by atoms with Gasteiger partial charge >= 0.3 is 5.97 Å². The summed E-state index contributed by atoms with van der Waals surface area (Å²) in [5, 5.41) is 21.5. The van der Waals surface area contributed by atoms with Crippen molar-refractivity contribution >= 4 is 11.7 Å². The lowest BCUT2D eigenvalue weighted by Gasteiger charge is -2.01. The van der Waals surface area contributed by atoms with E-state index in [0.29, 0.717) is 12.1 Å². The van der Waals surface area contributed by atoms with E-state index in [9.17, 15) is 4.79 Å². The van der Waals surface area contributed by atoms with Gasteiger partial charge in [0.1, 0.15) is 0 Å². The highest BCUT2D eigenvalue weighted by molar-refractivity contribution is 5.91. The largest absolute Gasteiger partial charge is 0.476 e. The molecule has 0 aliphatic heterocycles. The molecule has 6 heteroatoms. The fraction of sp³-hybridized carbons (Fsp3) is 0.0833. The van der Waals surface area contributed by atoms with Crippen molar-refractivity contribution in [3.05, 3.63) is 47.3 Å². The first-order valence-electron chi connectivity index (χ1n) is 5.15. The van der Waals surface area contributed by atoms with Gasteiger partial charge in [0.25, 0.3) is 0 Å². The second kappa shape index (κ2) is 4.59. The van der Waals surface area contributed by atoms with Crippen molar-refractivity contribution in [2.75, 3.05) is 5.73 Å². The number of carbonyl (C=O) groups is 1. The van der Waals surface area contributed by atoms with Gasteiger partial charge in [-0.25, -0.2) is 4.79 Å². The number of aromatic nitrogens is 2. The molecule has 0 unspecified atom stereocenters. The Labute approximate surface area is 103 Å². The molecule has 3 N–H and O–H groups in total. The SMILES string of the molecule is N#Cc1cccc(Cn2cc(N)c(C(=O)O)n2)c1. The normalized spacial score (nSPS) is 9.94. The molecule has 0 fully saturated rings. The predicted molar refractivity (Wildman–Crippen MR) is 63.9 cm³/mol. The standard InChI is InChI=1S/C12H10N4O2/c13-5-8-2-1-3-9(4-8)6-16-7-10(14)11(15-16)12(17)18/h1-4,7H,6,14H2,(H,17,18). The lowest BCUT2D eigenvalue weighted by atomic mass is 10.1. The molecule has 0 amide bonds. The van der Waals surface area contributed by atoms with Crippen LogP contribution in [0.4, 0.5) is 5.69 Å². The molecule has 0 aliphatic rings. The summed E-state index contributed by atoms with van der Waals surface area (Å²) in [5.74, 6) is -1.16. The third-order valence-electron chi connectivity index (χ3n) is 2.39. The quantitative estimate of drug-likeness (QED) is 0.837. The van der Waals surface area contributed by atoms with Crippen LogP contribution in [0.3, 0.4) is 0 Å². The van der Waals surface area contributed by atoms with E-state index in [4.69, 9.17) is 16.1 Å². The molecule has 1 aromatic carbocycles. The molecule has 0 saturated carbocycles. The van der Waals surface area contributed by atoms with E-state index in [1.54, 1.807) is 18.2 Å². The van der Waals surface area contributed by atoms with Gasteiger partial charge in [-0.05, 0) is 17.7 Å². The molecule has 0 atom stereocenters. The van der Waals surface area contributed by atoms with Crippen molar-refractivity contribution in [3.63, 3.8) is 0 Å².